The van der Waals surface area contributed by atoms with Crippen LogP contribution in [-0.2, 0) is 13.1 Å². The van der Waals surface area contributed by atoms with Gasteiger partial charge in [0.15, 0.2) is 0 Å². The highest BCUT2D eigenvalue weighted by molar-refractivity contribution is 5.21. The van der Waals surface area contributed by atoms with Crippen molar-refractivity contribution in [2.45, 2.75) is 45.7 Å². The summed E-state index contributed by atoms with van der Waals surface area (Å²) < 4.78 is 0. The first-order chi connectivity index (χ1) is 12.7. The molecule has 0 saturated carbocycles. The Morgan fingerprint density at radius 1 is 0.885 bits per heavy atom. The molecule has 138 valence electrons. The first-order valence-corrected chi connectivity index (χ1v) is 10.1. The molecule has 0 bridgehead atoms. The van der Waals surface area contributed by atoms with Gasteiger partial charge in [-0.3, -0.25) is 14.8 Å². The molecule has 0 N–H and O–H groups in total. The van der Waals surface area contributed by atoms with Gasteiger partial charge in [-0.1, -0.05) is 35.9 Å². The minimum Gasteiger partial charge on any atom is -0.299 e. The van der Waals surface area contributed by atoms with E-state index in [1.54, 1.807) is 0 Å². The lowest BCUT2D eigenvalue weighted by molar-refractivity contribution is 0.0185. The third-order valence-electron chi connectivity index (χ3n) is 6.31. The Balaban J connectivity index is 1.32. The van der Waals surface area contributed by atoms with Gasteiger partial charge in [0.05, 0.1) is 0 Å². The number of aromatic nitrogens is 1. The molecule has 2 fully saturated rings. The topological polar surface area (TPSA) is 19.4 Å². The van der Waals surface area contributed by atoms with Gasteiger partial charge in [-0.05, 0) is 74.8 Å². The van der Waals surface area contributed by atoms with E-state index in [1.165, 1.54) is 68.6 Å². The highest BCUT2D eigenvalue weighted by Crippen LogP contribution is 2.40. The van der Waals surface area contributed by atoms with Crippen LogP contribution in [0.2, 0.25) is 0 Å². The van der Waals surface area contributed by atoms with E-state index < -0.39 is 0 Å². The Kier molecular flexibility index (Phi) is 5.37. The number of likely N-dealkylation sites (tertiary alicyclic amines) is 2. The summed E-state index contributed by atoms with van der Waals surface area (Å²) in [5.74, 6) is 0. The number of hydrogen-bond acceptors (Lipinski definition) is 3. The van der Waals surface area contributed by atoms with Crippen LogP contribution >= 0.6 is 0 Å². The summed E-state index contributed by atoms with van der Waals surface area (Å²) in [5.41, 5.74) is 4.70. The summed E-state index contributed by atoms with van der Waals surface area (Å²) in [6.45, 7) is 9.33. The fourth-order valence-corrected chi connectivity index (χ4v) is 4.74. The highest BCUT2D eigenvalue weighted by atomic mass is 15.2. The standard InChI is InChI=1S/C23H31N3/c1-20-5-7-21(8-6-20)17-26-13-3-9-23(19-26)10-14-25(15-11-23)18-22-4-2-12-24-16-22/h2,4-8,12,16H,3,9-11,13-15,17-19H2,1H3. The lowest BCUT2D eigenvalue weighted by Gasteiger charge is -2.48. The molecule has 4 rings (SSSR count). The average molecular weight is 350 g/mol. The van der Waals surface area contributed by atoms with Gasteiger partial charge in [0.2, 0.25) is 0 Å². The number of rotatable bonds is 4. The van der Waals surface area contributed by atoms with Crippen molar-refractivity contribution in [3.8, 4) is 0 Å². The zero-order chi connectivity index (χ0) is 17.8. The molecule has 2 aliphatic heterocycles. The summed E-state index contributed by atoms with van der Waals surface area (Å²) in [6.07, 6.45) is 9.33. The van der Waals surface area contributed by atoms with Crippen molar-refractivity contribution < 1.29 is 0 Å². The highest BCUT2D eigenvalue weighted by Gasteiger charge is 2.38. The molecule has 0 unspecified atom stereocenters. The van der Waals surface area contributed by atoms with Crippen molar-refractivity contribution in [2.24, 2.45) is 5.41 Å². The van der Waals surface area contributed by atoms with Crippen molar-refractivity contribution in [3.05, 3.63) is 65.5 Å². The van der Waals surface area contributed by atoms with E-state index in [4.69, 9.17) is 0 Å². The monoisotopic (exact) mass is 349 g/mol. The largest absolute Gasteiger partial charge is 0.299 e. The van der Waals surface area contributed by atoms with E-state index in [2.05, 4.69) is 52.0 Å². The molecular weight excluding hydrogens is 318 g/mol. The van der Waals surface area contributed by atoms with E-state index in [9.17, 15) is 0 Å². The van der Waals surface area contributed by atoms with E-state index in [1.807, 2.05) is 18.5 Å². The average Bonchev–Trinajstić information content (AvgIpc) is 2.67. The Labute approximate surface area is 158 Å². The van der Waals surface area contributed by atoms with Gasteiger partial charge >= 0.3 is 0 Å². The first-order valence-electron chi connectivity index (χ1n) is 10.1. The van der Waals surface area contributed by atoms with E-state index in [0.717, 1.165) is 13.1 Å². The third kappa shape index (κ3) is 4.33. The van der Waals surface area contributed by atoms with Gasteiger partial charge in [-0.2, -0.15) is 0 Å². The Hall–Kier alpha value is -1.71. The Bertz CT molecular complexity index is 687. The zero-order valence-electron chi connectivity index (χ0n) is 16.0. The normalized spacial score (nSPS) is 21.1. The van der Waals surface area contributed by atoms with Crippen molar-refractivity contribution in [1.82, 2.24) is 14.8 Å². The first kappa shape index (κ1) is 17.7. The van der Waals surface area contributed by atoms with Crippen molar-refractivity contribution >= 4 is 0 Å². The van der Waals surface area contributed by atoms with Crippen molar-refractivity contribution in [2.75, 3.05) is 26.2 Å². The molecule has 1 aromatic carbocycles. The van der Waals surface area contributed by atoms with Crippen LogP contribution in [0.4, 0.5) is 0 Å². The summed E-state index contributed by atoms with van der Waals surface area (Å²) in [7, 11) is 0. The Morgan fingerprint density at radius 3 is 2.38 bits per heavy atom. The maximum Gasteiger partial charge on any atom is 0.0312 e. The SMILES string of the molecule is Cc1ccc(CN2CCCC3(CCN(Cc4cccnc4)CC3)C2)cc1. The van der Waals surface area contributed by atoms with Crippen LogP contribution in [0.3, 0.4) is 0 Å². The minimum atomic E-state index is 0.550. The minimum absolute atomic E-state index is 0.550. The molecule has 2 saturated heterocycles. The predicted octanol–water partition coefficient (Wildman–Crippen LogP) is 4.27. The fraction of sp³-hybridized carbons (Fsp3) is 0.522. The van der Waals surface area contributed by atoms with Gasteiger partial charge < -0.3 is 0 Å². The van der Waals surface area contributed by atoms with Crippen LogP contribution in [0, 0.1) is 12.3 Å². The number of piperidine rings is 2. The summed E-state index contributed by atoms with van der Waals surface area (Å²) >= 11 is 0. The smallest absolute Gasteiger partial charge is 0.0312 e. The molecular formula is C23H31N3. The lowest BCUT2D eigenvalue weighted by Crippen LogP contribution is -2.49. The molecule has 0 amide bonds. The van der Waals surface area contributed by atoms with Gasteiger partial charge in [0.25, 0.3) is 0 Å². The van der Waals surface area contributed by atoms with Gasteiger partial charge in [-0.25, -0.2) is 0 Å². The number of benzene rings is 1. The number of aryl methyl sites for hydroxylation is 1. The second-order valence-electron chi connectivity index (χ2n) is 8.44. The molecule has 3 heterocycles. The van der Waals surface area contributed by atoms with E-state index in [0.29, 0.717) is 5.41 Å². The second-order valence-corrected chi connectivity index (χ2v) is 8.44. The van der Waals surface area contributed by atoms with E-state index in [-0.39, 0.29) is 0 Å². The molecule has 26 heavy (non-hydrogen) atoms. The van der Waals surface area contributed by atoms with Crippen LogP contribution < -0.4 is 0 Å². The molecule has 0 aliphatic carbocycles. The molecule has 2 aliphatic rings. The number of pyridine rings is 1. The van der Waals surface area contributed by atoms with Gasteiger partial charge in [-0.15, -0.1) is 0 Å². The van der Waals surface area contributed by atoms with Crippen LogP contribution in [-0.4, -0.2) is 41.0 Å². The van der Waals surface area contributed by atoms with Crippen molar-refractivity contribution in [3.63, 3.8) is 0 Å². The van der Waals surface area contributed by atoms with Crippen LogP contribution in [0.1, 0.15) is 42.4 Å². The number of nitrogens with zero attached hydrogens (tertiary/aromatic N) is 3. The quantitative estimate of drug-likeness (QED) is 0.822. The van der Waals surface area contributed by atoms with Crippen molar-refractivity contribution in [1.29, 1.82) is 0 Å². The van der Waals surface area contributed by atoms with Gasteiger partial charge in [0.1, 0.15) is 0 Å². The van der Waals surface area contributed by atoms with Crippen LogP contribution in [0.15, 0.2) is 48.8 Å². The lowest BCUT2D eigenvalue weighted by atomic mass is 9.72. The molecule has 0 atom stereocenters. The van der Waals surface area contributed by atoms with Crippen LogP contribution in [0.5, 0.6) is 0 Å². The molecule has 1 spiro atoms. The molecule has 3 heteroatoms. The number of hydrogen-bond donors (Lipinski definition) is 0. The Morgan fingerprint density at radius 2 is 1.65 bits per heavy atom. The summed E-state index contributed by atoms with van der Waals surface area (Å²) in [4.78, 5) is 9.57. The zero-order valence-corrected chi connectivity index (χ0v) is 16.0. The predicted molar refractivity (Wildman–Crippen MR) is 107 cm³/mol. The second kappa shape index (κ2) is 7.89. The molecule has 1 aromatic heterocycles. The molecule has 3 nitrogen and oxygen atoms in total. The van der Waals surface area contributed by atoms with E-state index >= 15 is 0 Å². The van der Waals surface area contributed by atoms with Gasteiger partial charge in [0, 0.05) is 32.0 Å². The summed E-state index contributed by atoms with van der Waals surface area (Å²) in [5, 5.41) is 0. The molecule has 0 radical (unpaired) electrons. The van der Waals surface area contributed by atoms with Crippen LogP contribution in [0.25, 0.3) is 0 Å². The summed E-state index contributed by atoms with van der Waals surface area (Å²) in [6, 6.07) is 13.3. The maximum absolute atomic E-state index is 4.26. The fourth-order valence-electron chi connectivity index (χ4n) is 4.74. The maximum atomic E-state index is 4.26. The molecule has 2 aromatic rings. The third-order valence-corrected chi connectivity index (χ3v) is 6.31.